The van der Waals surface area contributed by atoms with Gasteiger partial charge in [-0.15, -0.1) is 0 Å². The predicted octanol–water partition coefficient (Wildman–Crippen LogP) is 2.46. The molecule has 0 bridgehead atoms. The topological polar surface area (TPSA) is 172 Å². The number of pyridine rings is 1. The molecular weight excluding hydrogens is 571 g/mol. The van der Waals surface area contributed by atoms with Crippen molar-refractivity contribution in [2.75, 3.05) is 18.1 Å². The van der Waals surface area contributed by atoms with Gasteiger partial charge < -0.3 is 31.2 Å². The molecule has 42 heavy (non-hydrogen) atoms. The van der Waals surface area contributed by atoms with E-state index >= 15 is 4.39 Å². The predicted molar refractivity (Wildman–Crippen MR) is 135 cm³/mol. The van der Waals surface area contributed by atoms with Crippen molar-refractivity contribution in [3.63, 3.8) is 0 Å². The molecule has 0 radical (unpaired) electrons. The standard InChI is InChI=1S/C26H23F5N6O5/c27-14-7-12-2-1-11(6-16(12)34-20(14)32)5-13-3-4-24(39)19(13)42-10-25(24,40)37-8-15(28)18-21(33)35-17(36-22(18)37)9-41-23(38)26(29,30)31/h1-2,6-8,13,19,39-40H,3-5,9-10H2,(H2,32,34)(H2,33,35,36)/t13-,19+,24+,25-/m0/s1. The van der Waals surface area contributed by atoms with E-state index in [2.05, 4.69) is 19.7 Å². The Kier molecular flexibility index (Phi) is 6.29. The highest BCUT2D eigenvalue weighted by Crippen LogP contribution is 2.52. The molecule has 4 aromatic rings. The number of anilines is 2. The van der Waals surface area contributed by atoms with Gasteiger partial charge in [-0.2, -0.15) is 13.2 Å². The summed E-state index contributed by atoms with van der Waals surface area (Å²) in [6.45, 7) is -1.51. The molecule has 6 N–H and O–H groups in total. The van der Waals surface area contributed by atoms with Crippen molar-refractivity contribution < 1.29 is 46.4 Å². The van der Waals surface area contributed by atoms with Gasteiger partial charge in [0.2, 0.25) is 0 Å². The van der Waals surface area contributed by atoms with Crippen LogP contribution in [0.15, 0.2) is 30.5 Å². The van der Waals surface area contributed by atoms with E-state index in [1.165, 1.54) is 6.07 Å². The fourth-order valence-corrected chi connectivity index (χ4v) is 5.95. The number of benzene rings is 1. The van der Waals surface area contributed by atoms with Crippen molar-refractivity contribution >= 4 is 39.5 Å². The highest BCUT2D eigenvalue weighted by Gasteiger charge is 2.66. The molecule has 2 aliphatic rings. The van der Waals surface area contributed by atoms with Gasteiger partial charge in [0.05, 0.1) is 23.6 Å². The number of rotatable bonds is 5. The average Bonchev–Trinajstić information content (AvgIpc) is 3.52. The average molecular weight is 594 g/mol. The number of fused-ring (bicyclic) bond motifs is 3. The Morgan fingerprint density at radius 2 is 1.88 bits per heavy atom. The summed E-state index contributed by atoms with van der Waals surface area (Å²) < 4.78 is 77.4. The number of aromatic nitrogens is 4. The number of hydrogen-bond donors (Lipinski definition) is 4. The Balaban J connectivity index is 1.30. The van der Waals surface area contributed by atoms with Gasteiger partial charge in [-0.25, -0.2) is 28.5 Å². The van der Waals surface area contributed by atoms with Crippen LogP contribution in [-0.2, 0) is 33.0 Å². The first-order valence-corrected chi connectivity index (χ1v) is 12.7. The van der Waals surface area contributed by atoms with E-state index in [1.54, 1.807) is 18.2 Å². The molecule has 1 saturated carbocycles. The maximum Gasteiger partial charge on any atom is 0.490 e. The van der Waals surface area contributed by atoms with Crippen molar-refractivity contribution in [2.24, 2.45) is 5.92 Å². The number of carbonyl (C=O) groups excluding carboxylic acids is 1. The minimum atomic E-state index is -5.26. The smallest absolute Gasteiger partial charge is 0.451 e. The van der Waals surface area contributed by atoms with Crippen LogP contribution in [0.2, 0.25) is 0 Å². The van der Waals surface area contributed by atoms with Gasteiger partial charge in [-0.05, 0) is 42.9 Å². The summed E-state index contributed by atoms with van der Waals surface area (Å²) in [5, 5.41) is 23.8. The molecule has 4 heterocycles. The molecule has 6 rings (SSSR count). The van der Waals surface area contributed by atoms with Crippen LogP contribution in [0.1, 0.15) is 24.2 Å². The van der Waals surface area contributed by atoms with Crippen LogP contribution in [0, 0.1) is 17.6 Å². The SMILES string of the molecule is Nc1nc2cc(C[C@@H]3CC[C@@]4(O)[C@@H]3OC[C@@]4(O)n3cc(F)c4c(N)nc(COC(=O)C(F)(F)F)nc43)ccc2cc1F. The Morgan fingerprint density at radius 3 is 2.62 bits per heavy atom. The molecule has 3 aromatic heterocycles. The summed E-state index contributed by atoms with van der Waals surface area (Å²) in [5.74, 6) is -5.59. The van der Waals surface area contributed by atoms with Crippen LogP contribution in [0.5, 0.6) is 0 Å². The third-order valence-electron chi connectivity index (χ3n) is 7.95. The third kappa shape index (κ3) is 4.28. The summed E-state index contributed by atoms with van der Waals surface area (Å²) in [5.41, 5.74) is 8.18. The number of nitrogens with zero attached hydrogens (tertiary/aromatic N) is 4. The number of nitrogens with two attached hydrogens (primary N) is 2. The first-order chi connectivity index (χ1) is 19.7. The van der Waals surface area contributed by atoms with Crippen molar-refractivity contribution in [2.45, 2.75) is 49.5 Å². The van der Waals surface area contributed by atoms with Gasteiger partial charge in [-0.1, -0.05) is 12.1 Å². The van der Waals surface area contributed by atoms with E-state index in [0.717, 1.165) is 16.3 Å². The Labute approximate surface area is 232 Å². The van der Waals surface area contributed by atoms with E-state index in [1.807, 2.05) is 0 Å². The fraction of sp³-hybridized carbons (Fsp3) is 0.385. The highest BCUT2D eigenvalue weighted by atomic mass is 19.4. The molecule has 1 aliphatic heterocycles. The molecule has 1 aliphatic carbocycles. The minimum absolute atomic E-state index is 0.0424. The Hall–Kier alpha value is -4.15. The number of esters is 1. The molecule has 2 fully saturated rings. The van der Waals surface area contributed by atoms with E-state index in [0.29, 0.717) is 23.7 Å². The van der Waals surface area contributed by atoms with Gasteiger partial charge in [-0.3, -0.25) is 4.57 Å². The quantitative estimate of drug-likeness (QED) is 0.199. The van der Waals surface area contributed by atoms with Gasteiger partial charge in [0, 0.05) is 11.6 Å². The van der Waals surface area contributed by atoms with Gasteiger partial charge in [0.15, 0.2) is 41.3 Å². The monoisotopic (exact) mass is 594 g/mol. The van der Waals surface area contributed by atoms with E-state index < -0.39 is 66.1 Å². The molecule has 11 nitrogen and oxygen atoms in total. The number of halogens is 5. The zero-order valence-electron chi connectivity index (χ0n) is 21.5. The number of carbonyl (C=O) groups is 1. The second-order valence-corrected chi connectivity index (χ2v) is 10.5. The largest absolute Gasteiger partial charge is 0.490 e. The van der Waals surface area contributed by atoms with Crippen LogP contribution >= 0.6 is 0 Å². The Bertz CT molecular complexity index is 1750. The van der Waals surface area contributed by atoms with E-state index in [4.69, 9.17) is 16.2 Å². The van der Waals surface area contributed by atoms with Crippen LogP contribution in [0.4, 0.5) is 33.6 Å². The number of hydrogen-bond acceptors (Lipinski definition) is 10. The number of ether oxygens (including phenoxy) is 2. The zero-order chi connectivity index (χ0) is 30.2. The summed E-state index contributed by atoms with van der Waals surface area (Å²) in [4.78, 5) is 22.9. The number of nitrogen functional groups attached to an aromatic ring is 2. The maximum absolute atomic E-state index is 15.0. The molecule has 0 unspecified atom stereocenters. The lowest BCUT2D eigenvalue weighted by molar-refractivity contribution is -0.201. The molecule has 16 heteroatoms. The lowest BCUT2D eigenvalue weighted by Gasteiger charge is -2.37. The first kappa shape index (κ1) is 28.0. The minimum Gasteiger partial charge on any atom is -0.451 e. The lowest BCUT2D eigenvalue weighted by Crippen LogP contribution is -2.56. The fourth-order valence-electron chi connectivity index (χ4n) is 5.95. The summed E-state index contributed by atoms with van der Waals surface area (Å²) in [6.07, 6.45) is -4.49. The van der Waals surface area contributed by atoms with Crippen LogP contribution in [0.3, 0.4) is 0 Å². The summed E-state index contributed by atoms with van der Waals surface area (Å²) in [6, 6.07) is 6.49. The molecule has 0 spiro atoms. The van der Waals surface area contributed by atoms with Crippen molar-refractivity contribution in [3.8, 4) is 0 Å². The molecule has 4 atom stereocenters. The second-order valence-electron chi connectivity index (χ2n) is 10.5. The van der Waals surface area contributed by atoms with Crippen LogP contribution in [0.25, 0.3) is 21.9 Å². The molecule has 1 saturated heterocycles. The first-order valence-electron chi connectivity index (χ1n) is 12.7. The number of alkyl halides is 3. The van der Waals surface area contributed by atoms with Gasteiger partial charge >= 0.3 is 12.1 Å². The normalized spacial score (nSPS) is 25.8. The molecular formula is C26H23F5N6O5. The summed E-state index contributed by atoms with van der Waals surface area (Å²) >= 11 is 0. The zero-order valence-corrected chi connectivity index (χ0v) is 21.5. The molecule has 1 aromatic carbocycles. The molecule has 222 valence electrons. The van der Waals surface area contributed by atoms with E-state index in [-0.39, 0.29) is 29.2 Å². The number of aliphatic hydroxyl groups is 2. The van der Waals surface area contributed by atoms with Crippen molar-refractivity contribution in [3.05, 3.63) is 53.5 Å². The lowest BCUT2D eigenvalue weighted by atomic mass is 9.86. The highest BCUT2D eigenvalue weighted by molar-refractivity contribution is 5.87. The van der Waals surface area contributed by atoms with Gasteiger partial charge in [0.1, 0.15) is 11.4 Å². The van der Waals surface area contributed by atoms with Crippen molar-refractivity contribution in [1.29, 1.82) is 0 Å². The van der Waals surface area contributed by atoms with Crippen LogP contribution in [-0.4, -0.2) is 60.2 Å². The van der Waals surface area contributed by atoms with Gasteiger partial charge in [0.25, 0.3) is 0 Å². The molecule has 0 amide bonds. The third-order valence-corrected chi connectivity index (χ3v) is 7.95. The summed E-state index contributed by atoms with van der Waals surface area (Å²) in [7, 11) is 0. The van der Waals surface area contributed by atoms with Crippen molar-refractivity contribution in [1.82, 2.24) is 19.5 Å². The maximum atomic E-state index is 15.0. The van der Waals surface area contributed by atoms with E-state index in [9.17, 15) is 32.6 Å². The Morgan fingerprint density at radius 1 is 1.12 bits per heavy atom. The second kappa shape index (κ2) is 9.43. The van der Waals surface area contributed by atoms with Crippen LogP contribution < -0.4 is 11.5 Å².